The highest BCUT2D eigenvalue weighted by Gasteiger charge is 2.09. The summed E-state index contributed by atoms with van der Waals surface area (Å²) in [5.41, 5.74) is 1.02. The van der Waals surface area contributed by atoms with Crippen LogP contribution in [-0.4, -0.2) is 44.3 Å². The standard InChI is InChI=1S/C12H16ClIN2O/c13-11-2-1-10(14)9-12(11)15-3-4-16-5-7-17-8-6-16/h1-2,9,15H,3-8H2. The van der Waals surface area contributed by atoms with Gasteiger partial charge in [-0.15, -0.1) is 0 Å². The second-order valence-corrected chi connectivity index (χ2v) is 5.66. The zero-order valence-corrected chi connectivity index (χ0v) is 12.5. The maximum absolute atomic E-state index is 6.12. The Morgan fingerprint density at radius 3 is 2.88 bits per heavy atom. The first-order valence-corrected chi connectivity index (χ1v) is 7.20. The Morgan fingerprint density at radius 2 is 2.12 bits per heavy atom. The molecule has 0 unspecified atom stereocenters. The summed E-state index contributed by atoms with van der Waals surface area (Å²) >= 11 is 8.41. The Kier molecular flexibility index (Phi) is 5.34. The van der Waals surface area contributed by atoms with Gasteiger partial charge < -0.3 is 10.1 Å². The molecule has 1 saturated heterocycles. The van der Waals surface area contributed by atoms with E-state index in [1.807, 2.05) is 12.1 Å². The maximum atomic E-state index is 6.12. The highest BCUT2D eigenvalue weighted by molar-refractivity contribution is 14.1. The number of nitrogens with zero attached hydrogens (tertiary/aromatic N) is 1. The lowest BCUT2D eigenvalue weighted by atomic mass is 10.3. The highest BCUT2D eigenvalue weighted by Crippen LogP contribution is 2.23. The van der Waals surface area contributed by atoms with Crippen LogP contribution in [0.25, 0.3) is 0 Å². The van der Waals surface area contributed by atoms with E-state index in [1.165, 1.54) is 3.57 Å². The van der Waals surface area contributed by atoms with Crippen molar-refractivity contribution in [3.8, 4) is 0 Å². The van der Waals surface area contributed by atoms with Crippen LogP contribution in [0.1, 0.15) is 0 Å². The van der Waals surface area contributed by atoms with E-state index in [0.717, 1.165) is 50.1 Å². The molecule has 5 heteroatoms. The number of hydrogen-bond donors (Lipinski definition) is 1. The fourth-order valence-corrected chi connectivity index (χ4v) is 2.48. The Bertz CT molecular complexity index is 370. The van der Waals surface area contributed by atoms with E-state index in [-0.39, 0.29) is 0 Å². The Labute approximate surface area is 121 Å². The van der Waals surface area contributed by atoms with E-state index in [1.54, 1.807) is 0 Å². The van der Waals surface area contributed by atoms with Crippen molar-refractivity contribution >= 4 is 39.9 Å². The van der Waals surface area contributed by atoms with E-state index in [9.17, 15) is 0 Å². The van der Waals surface area contributed by atoms with Crippen molar-refractivity contribution in [3.05, 3.63) is 26.8 Å². The third kappa shape index (κ3) is 4.28. The molecule has 0 radical (unpaired) electrons. The van der Waals surface area contributed by atoms with Crippen molar-refractivity contribution in [2.24, 2.45) is 0 Å². The molecule has 94 valence electrons. The van der Waals surface area contributed by atoms with Crippen LogP contribution in [0.5, 0.6) is 0 Å². The molecule has 2 rings (SSSR count). The van der Waals surface area contributed by atoms with Crippen molar-refractivity contribution in [3.63, 3.8) is 0 Å². The number of morpholine rings is 1. The summed E-state index contributed by atoms with van der Waals surface area (Å²) < 4.78 is 6.51. The summed E-state index contributed by atoms with van der Waals surface area (Å²) in [6.07, 6.45) is 0. The van der Waals surface area contributed by atoms with Crippen LogP contribution in [0, 0.1) is 3.57 Å². The van der Waals surface area contributed by atoms with Gasteiger partial charge in [-0.3, -0.25) is 4.90 Å². The molecule has 17 heavy (non-hydrogen) atoms. The predicted octanol–water partition coefficient (Wildman–Crippen LogP) is 2.69. The summed E-state index contributed by atoms with van der Waals surface area (Å²) in [7, 11) is 0. The van der Waals surface area contributed by atoms with Gasteiger partial charge in [0.1, 0.15) is 0 Å². The highest BCUT2D eigenvalue weighted by atomic mass is 127. The van der Waals surface area contributed by atoms with Crippen molar-refractivity contribution in [2.45, 2.75) is 0 Å². The van der Waals surface area contributed by atoms with Gasteiger partial charge in [0.25, 0.3) is 0 Å². The van der Waals surface area contributed by atoms with Gasteiger partial charge in [0.05, 0.1) is 23.9 Å². The van der Waals surface area contributed by atoms with Crippen LogP contribution in [0.3, 0.4) is 0 Å². The van der Waals surface area contributed by atoms with Crippen LogP contribution in [-0.2, 0) is 4.74 Å². The molecule has 0 aromatic heterocycles. The zero-order chi connectivity index (χ0) is 12.1. The van der Waals surface area contributed by atoms with Gasteiger partial charge in [0, 0.05) is 29.7 Å². The molecule has 3 nitrogen and oxygen atoms in total. The molecule has 1 heterocycles. The minimum atomic E-state index is 0.785. The minimum absolute atomic E-state index is 0.785. The topological polar surface area (TPSA) is 24.5 Å². The van der Waals surface area contributed by atoms with Gasteiger partial charge >= 0.3 is 0 Å². The molecule has 0 saturated carbocycles. The van der Waals surface area contributed by atoms with E-state index in [2.05, 4.69) is 38.9 Å². The molecular formula is C12H16ClIN2O. The second-order valence-electron chi connectivity index (χ2n) is 4.00. The molecule has 0 bridgehead atoms. The fourth-order valence-electron chi connectivity index (χ4n) is 1.81. The first kappa shape index (κ1) is 13.4. The molecule has 0 aliphatic carbocycles. The SMILES string of the molecule is Clc1ccc(I)cc1NCCN1CCOCC1. The van der Waals surface area contributed by atoms with Gasteiger partial charge in [-0.2, -0.15) is 0 Å². The Balaban J connectivity index is 1.79. The summed E-state index contributed by atoms with van der Waals surface area (Å²) in [5.74, 6) is 0. The summed E-state index contributed by atoms with van der Waals surface area (Å²) in [4.78, 5) is 2.40. The van der Waals surface area contributed by atoms with Crippen LogP contribution in [0.4, 0.5) is 5.69 Å². The van der Waals surface area contributed by atoms with Gasteiger partial charge in [-0.1, -0.05) is 11.6 Å². The largest absolute Gasteiger partial charge is 0.383 e. The van der Waals surface area contributed by atoms with Gasteiger partial charge in [-0.05, 0) is 40.8 Å². The number of hydrogen-bond acceptors (Lipinski definition) is 3. The van der Waals surface area contributed by atoms with Crippen LogP contribution >= 0.6 is 34.2 Å². The molecular weight excluding hydrogens is 351 g/mol. The second kappa shape index (κ2) is 6.78. The van der Waals surface area contributed by atoms with E-state index >= 15 is 0 Å². The molecule has 1 aromatic rings. The van der Waals surface area contributed by atoms with Crippen molar-refractivity contribution in [2.75, 3.05) is 44.7 Å². The lowest BCUT2D eigenvalue weighted by Crippen LogP contribution is -2.39. The fraction of sp³-hybridized carbons (Fsp3) is 0.500. The lowest BCUT2D eigenvalue weighted by Gasteiger charge is -2.26. The quantitative estimate of drug-likeness (QED) is 0.829. The molecule has 1 aliphatic rings. The average molecular weight is 367 g/mol. The molecule has 1 fully saturated rings. The summed E-state index contributed by atoms with van der Waals surface area (Å²) in [5, 5.41) is 4.17. The average Bonchev–Trinajstić information content (AvgIpc) is 2.35. The van der Waals surface area contributed by atoms with Crippen LogP contribution < -0.4 is 5.32 Å². The number of anilines is 1. The predicted molar refractivity (Wildman–Crippen MR) is 79.9 cm³/mol. The van der Waals surface area contributed by atoms with Crippen molar-refractivity contribution in [1.29, 1.82) is 0 Å². The summed E-state index contributed by atoms with van der Waals surface area (Å²) in [6.45, 7) is 5.71. The normalized spacial score (nSPS) is 17.1. The first-order chi connectivity index (χ1) is 8.25. The molecule has 0 atom stereocenters. The minimum Gasteiger partial charge on any atom is -0.383 e. The van der Waals surface area contributed by atoms with Crippen LogP contribution in [0.2, 0.25) is 5.02 Å². The van der Waals surface area contributed by atoms with Gasteiger partial charge in [0.15, 0.2) is 0 Å². The number of nitrogens with one attached hydrogen (secondary N) is 1. The van der Waals surface area contributed by atoms with E-state index in [0.29, 0.717) is 0 Å². The Morgan fingerprint density at radius 1 is 1.35 bits per heavy atom. The van der Waals surface area contributed by atoms with E-state index in [4.69, 9.17) is 16.3 Å². The number of rotatable bonds is 4. The van der Waals surface area contributed by atoms with Crippen molar-refractivity contribution < 1.29 is 4.74 Å². The Hall–Kier alpha value is -0.0400. The van der Waals surface area contributed by atoms with Crippen molar-refractivity contribution in [1.82, 2.24) is 4.90 Å². The third-order valence-electron chi connectivity index (χ3n) is 2.78. The zero-order valence-electron chi connectivity index (χ0n) is 9.59. The number of benzene rings is 1. The molecule has 1 aliphatic heterocycles. The van der Waals surface area contributed by atoms with Gasteiger partial charge in [0.2, 0.25) is 0 Å². The monoisotopic (exact) mass is 366 g/mol. The maximum Gasteiger partial charge on any atom is 0.0638 e. The molecule has 1 aromatic carbocycles. The first-order valence-electron chi connectivity index (χ1n) is 5.75. The van der Waals surface area contributed by atoms with Crippen LogP contribution in [0.15, 0.2) is 18.2 Å². The van der Waals surface area contributed by atoms with E-state index < -0.39 is 0 Å². The summed E-state index contributed by atoms with van der Waals surface area (Å²) in [6, 6.07) is 6.01. The smallest absolute Gasteiger partial charge is 0.0638 e. The third-order valence-corrected chi connectivity index (χ3v) is 3.78. The van der Waals surface area contributed by atoms with Gasteiger partial charge in [-0.25, -0.2) is 0 Å². The molecule has 0 amide bonds. The molecule has 1 N–H and O–H groups in total. The lowest BCUT2D eigenvalue weighted by molar-refractivity contribution is 0.0398. The number of ether oxygens (including phenoxy) is 1. The number of halogens is 2. The molecule has 0 spiro atoms.